The van der Waals surface area contributed by atoms with Gasteiger partial charge in [0.2, 0.25) is 0 Å². The number of fused-ring (bicyclic) bond motifs is 2. The lowest BCUT2D eigenvalue weighted by Crippen LogP contribution is -2.20. The largest absolute Gasteiger partial charge is 0.508 e. The SMILES string of the molecule is C[C@H]1CCC[C@H]2OC2C(=O)c2c(O)cc(O)cc2CC(=O)O1. The van der Waals surface area contributed by atoms with Crippen LogP contribution in [0.15, 0.2) is 12.1 Å². The van der Waals surface area contributed by atoms with Gasteiger partial charge in [0, 0.05) is 6.07 Å². The lowest BCUT2D eigenvalue weighted by molar-refractivity contribution is -0.147. The van der Waals surface area contributed by atoms with Crippen LogP contribution in [0.1, 0.15) is 42.1 Å². The standard InChI is InChI=1S/C16H18O6/c1-8-3-2-4-12-16(22-12)15(20)14-9(6-13(19)21-8)5-10(17)7-11(14)18/h5,7-8,12,16-18H,2-4,6H2,1H3/t8-,12+,16?/m0/s1. The van der Waals surface area contributed by atoms with Crippen molar-refractivity contribution in [3.8, 4) is 11.5 Å². The molecule has 1 aromatic rings. The van der Waals surface area contributed by atoms with Crippen LogP contribution in [-0.4, -0.2) is 40.3 Å². The zero-order valence-electron chi connectivity index (χ0n) is 12.2. The Kier molecular flexibility index (Phi) is 3.78. The van der Waals surface area contributed by atoms with Crippen molar-refractivity contribution in [2.75, 3.05) is 0 Å². The van der Waals surface area contributed by atoms with Crippen LogP contribution < -0.4 is 0 Å². The molecule has 0 saturated carbocycles. The highest BCUT2D eigenvalue weighted by Crippen LogP contribution is 2.36. The molecule has 118 valence electrons. The third-order valence-electron chi connectivity index (χ3n) is 4.04. The first kappa shape index (κ1) is 14.8. The first-order valence-electron chi connectivity index (χ1n) is 7.39. The van der Waals surface area contributed by atoms with E-state index in [-0.39, 0.29) is 47.0 Å². The Morgan fingerprint density at radius 2 is 1.95 bits per heavy atom. The van der Waals surface area contributed by atoms with Crippen LogP contribution in [0.4, 0.5) is 0 Å². The molecule has 0 spiro atoms. The minimum atomic E-state index is -0.569. The number of hydrogen-bond acceptors (Lipinski definition) is 6. The molecule has 1 aromatic carbocycles. The van der Waals surface area contributed by atoms with Gasteiger partial charge in [0.1, 0.15) is 17.6 Å². The fourth-order valence-electron chi connectivity index (χ4n) is 2.92. The first-order chi connectivity index (χ1) is 10.5. The van der Waals surface area contributed by atoms with E-state index in [0.717, 1.165) is 12.5 Å². The van der Waals surface area contributed by atoms with Crippen LogP contribution in [0.2, 0.25) is 0 Å². The molecule has 1 unspecified atom stereocenters. The van der Waals surface area contributed by atoms with Crippen LogP contribution in [0, 0.1) is 0 Å². The summed E-state index contributed by atoms with van der Waals surface area (Å²) in [5.41, 5.74) is 0.296. The number of hydrogen-bond donors (Lipinski definition) is 2. The molecule has 2 N–H and O–H groups in total. The molecule has 22 heavy (non-hydrogen) atoms. The van der Waals surface area contributed by atoms with Crippen molar-refractivity contribution in [3.05, 3.63) is 23.3 Å². The Hall–Kier alpha value is -2.08. The monoisotopic (exact) mass is 306 g/mol. The Balaban J connectivity index is 1.98. The van der Waals surface area contributed by atoms with Gasteiger partial charge in [-0.3, -0.25) is 9.59 Å². The predicted molar refractivity (Wildman–Crippen MR) is 75.9 cm³/mol. The second-order valence-electron chi connectivity index (χ2n) is 5.87. The molecule has 6 heteroatoms. The normalized spacial score (nSPS) is 28.7. The van der Waals surface area contributed by atoms with Gasteiger partial charge in [0.25, 0.3) is 0 Å². The molecule has 2 aliphatic rings. The van der Waals surface area contributed by atoms with Crippen molar-refractivity contribution in [1.29, 1.82) is 0 Å². The molecule has 1 fully saturated rings. The number of ketones is 1. The lowest BCUT2D eigenvalue weighted by Gasteiger charge is -2.15. The number of ether oxygens (including phenoxy) is 2. The number of rotatable bonds is 0. The van der Waals surface area contributed by atoms with Crippen molar-refractivity contribution >= 4 is 11.8 Å². The number of benzene rings is 1. The fraction of sp³-hybridized carbons (Fsp3) is 0.500. The molecular weight excluding hydrogens is 288 g/mol. The van der Waals surface area contributed by atoms with Crippen LogP contribution in [0.3, 0.4) is 0 Å². The van der Waals surface area contributed by atoms with Crippen LogP contribution in [0.25, 0.3) is 0 Å². The average Bonchev–Trinajstić information content (AvgIpc) is 3.15. The minimum absolute atomic E-state index is 0.0375. The summed E-state index contributed by atoms with van der Waals surface area (Å²) in [6.45, 7) is 1.82. The number of esters is 1. The number of carbonyl (C=O) groups is 2. The molecule has 0 aromatic heterocycles. The molecule has 0 aliphatic carbocycles. The molecule has 0 bridgehead atoms. The highest BCUT2D eigenvalue weighted by Gasteiger charge is 2.46. The molecular formula is C16H18O6. The highest BCUT2D eigenvalue weighted by molar-refractivity contribution is 6.05. The van der Waals surface area contributed by atoms with Crippen molar-refractivity contribution in [2.24, 2.45) is 0 Å². The van der Waals surface area contributed by atoms with Crippen LogP contribution in [0.5, 0.6) is 11.5 Å². The van der Waals surface area contributed by atoms with Gasteiger partial charge in [-0.2, -0.15) is 0 Å². The topological polar surface area (TPSA) is 96.4 Å². The van der Waals surface area contributed by atoms with E-state index in [9.17, 15) is 19.8 Å². The minimum Gasteiger partial charge on any atom is -0.508 e. The smallest absolute Gasteiger partial charge is 0.310 e. The van der Waals surface area contributed by atoms with Crippen molar-refractivity contribution in [3.63, 3.8) is 0 Å². The van der Waals surface area contributed by atoms with E-state index in [1.165, 1.54) is 6.07 Å². The number of aromatic hydroxyl groups is 2. The Bertz CT molecular complexity index is 623. The van der Waals surface area contributed by atoms with Crippen molar-refractivity contribution < 1.29 is 29.3 Å². The summed E-state index contributed by atoms with van der Waals surface area (Å²) in [5, 5.41) is 19.6. The zero-order valence-corrected chi connectivity index (χ0v) is 12.2. The van der Waals surface area contributed by atoms with Gasteiger partial charge in [0.05, 0.1) is 24.2 Å². The van der Waals surface area contributed by atoms with E-state index >= 15 is 0 Å². The molecule has 1 saturated heterocycles. The molecule has 2 heterocycles. The maximum atomic E-state index is 12.5. The highest BCUT2D eigenvalue weighted by atomic mass is 16.6. The maximum Gasteiger partial charge on any atom is 0.310 e. The number of Topliss-reactive ketones (excluding diaryl/α,β-unsaturated/α-hetero) is 1. The van der Waals surface area contributed by atoms with E-state index in [0.29, 0.717) is 12.8 Å². The maximum absolute atomic E-state index is 12.5. The Morgan fingerprint density at radius 3 is 2.73 bits per heavy atom. The lowest BCUT2D eigenvalue weighted by atomic mass is 9.95. The third-order valence-corrected chi connectivity index (χ3v) is 4.04. The van der Waals surface area contributed by atoms with Gasteiger partial charge in [0.15, 0.2) is 5.78 Å². The fourth-order valence-corrected chi connectivity index (χ4v) is 2.92. The summed E-state index contributed by atoms with van der Waals surface area (Å²) >= 11 is 0. The zero-order chi connectivity index (χ0) is 15.9. The first-order valence-corrected chi connectivity index (χ1v) is 7.39. The van der Waals surface area contributed by atoms with E-state index in [4.69, 9.17) is 9.47 Å². The number of epoxide rings is 1. The van der Waals surface area contributed by atoms with Crippen molar-refractivity contribution in [1.82, 2.24) is 0 Å². The van der Waals surface area contributed by atoms with Gasteiger partial charge in [-0.1, -0.05) is 0 Å². The second-order valence-corrected chi connectivity index (χ2v) is 5.87. The quantitative estimate of drug-likeness (QED) is 0.559. The summed E-state index contributed by atoms with van der Waals surface area (Å²) in [4.78, 5) is 24.4. The summed E-state index contributed by atoms with van der Waals surface area (Å²) in [6, 6.07) is 2.40. The molecule has 3 atom stereocenters. The van der Waals surface area contributed by atoms with Gasteiger partial charge in [-0.15, -0.1) is 0 Å². The number of phenols is 2. The molecule has 0 radical (unpaired) electrons. The predicted octanol–water partition coefficient (Wildman–Crippen LogP) is 1.71. The summed E-state index contributed by atoms with van der Waals surface area (Å²) in [7, 11) is 0. The van der Waals surface area contributed by atoms with E-state index in [2.05, 4.69) is 0 Å². The summed E-state index contributed by atoms with van der Waals surface area (Å²) in [6.07, 6.45) is 1.13. The number of cyclic esters (lactones) is 1. The average molecular weight is 306 g/mol. The Labute approximate surface area is 127 Å². The number of phenolic OH excluding ortho intramolecular Hbond substituents is 2. The number of carbonyl (C=O) groups excluding carboxylic acids is 2. The van der Waals surface area contributed by atoms with Gasteiger partial charge >= 0.3 is 5.97 Å². The Morgan fingerprint density at radius 1 is 1.18 bits per heavy atom. The summed E-state index contributed by atoms with van der Waals surface area (Å²) < 4.78 is 10.7. The van der Waals surface area contributed by atoms with E-state index < -0.39 is 12.1 Å². The van der Waals surface area contributed by atoms with Gasteiger partial charge in [-0.25, -0.2) is 0 Å². The third kappa shape index (κ3) is 2.92. The second kappa shape index (κ2) is 5.61. The molecule has 0 amide bonds. The van der Waals surface area contributed by atoms with Gasteiger partial charge < -0.3 is 19.7 Å². The molecule has 6 nitrogen and oxygen atoms in total. The van der Waals surface area contributed by atoms with Gasteiger partial charge in [-0.05, 0) is 37.8 Å². The molecule has 2 aliphatic heterocycles. The molecule has 3 rings (SSSR count). The summed E-state index contributed by atoms with van der Waals surface area (Å²) in [5.74, 6) is -1.38. The van der Waals surface area contributed by atoms with Crippen LogP contribution >= 0.6 is 0 Å². The van der Waals surface area contributed by atoms with Crippen molar-refractivity contribution in [2.45, 2.75) is 50.9 Å². The van der Waals surface area contributed by atoms with E-state index in [1.54, 1.807) is 0 Å². The van der Waals surface area contributed by atoms with Crippen LogP contribution in [-0.2, 0) is 20.7 Å². The van der Waals surface area contributed by atoms with E-state index in [1.807, 2.05) is 6.92 Å².